The minimum Gasteiger partial charge on any atom is -0.368 e. The number of nitro groups is 1. The molecule has 2 heterocycles. The number of anilines is 3. The number of para-hydroxylation sites is 1. The van der Waals surface area contributed by atoms with Gasteiger partial charge in [0.25, 0.3) is 0 Å². The van der Waals surface area contributed by atoms with Crippen LogP contribution in [0.15, 0.2) is 36.7 Å². The first kappa shape index (κ1) is 18.8. The fourth-order valence-electron chi connectivity index (χ4n) is 2.92. The van der Waals surface area contributed by atoms with Crippen molar-refractivity contribution in [2.45, 2.75) is 26.3 Å². The molecule has 1 aromatic carbocycles. The van der Waals surface area contributed by atoms with E-state index < -0.39 is 4.92 Å². The van der Waals surface area contributed by atoms with Crippen LogP contribution < -0.4 is 20.7 Å². The molecule has 2 aromatic rings. The third-order valence-electron chi connectivity index (χ3n) is 4.24. The average molecular weight is 371 g/mol. The van der Waals surface area contributed by atoms with Crippen LogP contribution in [0.1, 0.15) is 20.8 Å². The van der Waals surface area contributed by atoms with Crippen molar-refractivity contribution in [1.82, 2.24) is 15.4 Å². The van der Waals surface area contributed by atoms with Crippen LogP contribution in [0.3, 0.4) is 0 Å². The van der Waals surface area contributed by atoms with Crippen LogP contribution in [0.2, 0.25) is 0 Å². The Morgan fingerprint density at radius 2 is 1.67 bits per heavy atom. The highest BCUT2D eigenvalue weighted by molar-refractivity contribution is 5.70. The summed E-state index contributed by atoms with van der Waals surface area (Å²) in [5.74, 6) is 0.520. The van der Waals surface area contributed by atoms with Crippen molar-refractivity contribution in [2.75, 3.05) is 41.4 Å². The summed E-state index contributed by atoms with van der Waals surface area (Å²) < 4.78 is 0. The van der Waals surface area contributed by atoms with Crippen LogP contribution in [0.4, 0.5) is 23.0 Å². The lowest BCUT2D eigenvalue weighted by atomic mass is 10.1. The molecule has 0 bridgehead atoms. The van der Waals surface area contributed by atoms with Gasteiger partial charge in [-0.15, -0.1) is 0 Å². The van der Waals surface area contributed by atoms with Gasteiger partial charge in [0, 0.05) is 37.4 Å². The Kier molecular flexibility index (Phi) is 5.41. The smallest absolute Gasteiger partial charge is 0.354 e. The zero-order valence-corrected chi connectivity index (χ0v) is 15.8. The molecule has 0 radical (unpaired) electrons. The highest BCUT2D eigenvalue weighted by atomic mass is 16.6. The van der Waals surface area contributed by atoms with Gasteiger partial charge in [-0.05, 0) is 32.9 Å². The summed E-state index contributed by atoms with van der Waals surface area (Å²) in [7, 11) is 0. The second kappa shape index (κ2) is 7.75. The molecule has 2 N–H and O–H groups in total. The van der Waals surface area contributed by atoms with E-state index in [0.717, 1.165) is 18.8 Å². The standard InChI is InChI=1S/C18H25N7O2/c1-18(2,3)22-21-16-15(25(26)27)17(20-13-19-16)24-11-9-23(10-12-24)14-7-5-4-6-8-14/h4-8,13,22H,9-12H2,1-3H3,(H,19,20,21). The van der Waals surface area contributed by atoms with E-state index in [1.54, 1.807) is 0 Å². The predicted molar refractivity (Wildman–Crippen MR) is 106 cm³/mol. The lowest BCUT2D eigenvalue weighted by Gasteiger charge is -2.36. The summed E-state index contributed by atoms with van der Waals surface area (Å²) in [4.78, 5) is 23.8. The summed E-state index contributed by atoms with van der Waals surface area (Å²) in [6, 6.07) is 10.2. The molecular formula is C18H25N7O2. The molecule has 1 aliphatic heterocycles. The Bertz CT molecular complexity index is 784. The fourth-order valence-corrected chi connectivity index (χ4v) is 2.92. The van der Waals surface area contributed by atoms with Crippen molar-refractivity contribution >= 4 is 23.0 Å². The maximum absolute atomic E-state index is 11.7. The number of benzene rings is 1. The zero-order chi connectivity index (χ0) is 19.4. The molecule has 1 aromatic heterocycles. The minimum absolute atomic E-state index is 0.109. The molecule has 1 aliphatic rings. The molecule has 0 unspecified atom stereocenters. The quantitative estimate of drug-likeness (QED) is 0.611. The van der Waals surface area contributed by atoms with Gasteiger partial charge in [-0.25, -0.2) is 15.4 Å². The highest BCUT2D eigenvalue weighted by Crippen LogP contribution is 2.32. The number of rotatable bonds is 5. The molecule has 0 spiro atoms. The van der Waals surface area contributed by atoms with E-state index in [2.05, 4.69) is 37.9 Å². The SMILES string of the molecule is CC(C)(C)NNc1ncnc(N2CCN(c3ccccc3)CC2)c1[N+](=O)[O-]. The van der Waals surface area contributed by atoms with Crippen LogP contribution in [0.25, 0.3) is 0 Å². The second-order valence-electron chi connectivity index (χ2n) is 7.46. The van der Waals surface area contributed by atoms with Gasteiger partial charge in [-0.3, -0.25) is 15.5 Å². The van der Waals surface area contributed by atoms with Crippen molar-refractivity contribution in [3.63, 3.8) is 0 Å². The van der Waals surface area contributed by atoms with Crippen LogP contribution in [0.5, 0.6) is 0 Å². The molecule has 0 amide bonds. The predicted octanol–water partition coefficient (Wildman–Crippen LogP) is 2.43. The summed E-state index contributed by atoms with van der Waals surface area (Å²) in [6.07, 6.45) is 1.36. The fraction of sp³-hybridized carbons (Fsp3) is 0.444. The van der Waals surface area contributed by atoms with Crippen LogP contribution in [0, 0.1) is 10.1 Å². The number of hydrogen-bond donors (Lipinski definition) is 2. The molecule has 9 nitrogen and oxygen atoms in total. The molecular weight excluding hydrogens is 346 g/mol. The number of hydrazine groups is 1. The van der Waals surface area contributed by atoms with Crippen molar-refractivity contribution in [1.29, 1.82) is 0 Å². The van der Waals surface area contributed by atoms with Crippen molar-refractivity contribution < 1.29 is 4.92 Å². The molecule has 0 saturated carbocycles. The van der Waals surface area contributed by atoms with Gasteiger partial charge in [0.05, 0.1) is 4.92 Å². The van der Waals surface area contributed by atoms with Crippen molar-refractivity contribution in [2.24, 2.45) is 0 Å². The largest absolute Gasteiger partial charge is 0.368 e. The molecule has 27 heavy (non-hydrogen) atoms. The Morgan fingerprint density at radius 3 is 2.26 bits per heavy atom. The van der Waals surface area contributed by atoms with Crippen LogP contribution >= 0.6 is 0 Å². The Labute approximate surface area is 158 Å². The van der Waals surface area contributed by atoms with E-state index in [9.17, 15) is 10.1 Å². The lowest BCUT2D eigenvalue weighted by Crippen LogP contribution is -2.47. The third kappa shape index (κ3) is 4.62. The summed E-state index contributed by atoms with van der Waals surface area (Å²) in [6.45, 7) is 8.71. The van der Waals surface area contributed by atoms with Crippen molar-refractivity contribution in [3.05, 3.63) is 46.8 Å². The Balaban J connectivity index is 1.77. The van der Waals surface area contributed by atoms with Crippen molar-refractivity contribution in [3.8, 4) is 0 Å². The van der Waals surface area contributed by atoms with Gasteiger partial charge < -0.3 is 9.80 Å². The number of hydrogen-bond acceptors (Lipinski definition) is 8. The average Bonchev–Trinajstić information content (AvgIpc) is 2.66. The maximum Gasteiger partial charge on any atom is 0.354 e. The Morgan fingerprint density at radius 1 is 1.04 bits per heavy atom. The monoisotopic (exact) mass is 371 g/mol. The lowest BCUT2D eigenvalue weighted by molar-refractivity contribution is -0.383. The molecule has 1 saturated heterocycles. The number of aromatic nitrogens is 2. The summed E-state index contributed by atoms with van der Waals surface area (Å²) >= 11 is 0. The first-order valence-corrected chi connectivity index (χ1v) is 8.93. The van der Waals surface area contributed by atoms with E-state index in [-0.39, 0.29) is 17.0 Å². The molecule has 0 atom stereocenters. The minimum atomic E-state index is -0.425. The highest BCUT2D eigenvalue weighted by Gasteiger charge is 2.29. The van der Waals surface area contributed by atoms with E-state index in [0.29, 0.717) is 18.9 Å². The van der Waals surface area contributed by atoms with Gasteiger partial charge in [0.1, 0.15) is 6.33 Å². The molecule has 144 valence electrons. The second-order valence-corrected chi connectivity index (χ2v) is 7.46. The van der Waals surface area contributed by atoms with E-state index in [1.807, 2.05) is 43.9 Å². The number of nitrogens with one attached hydrogen (secondary N) is 2. The number of nitrogens with zero attached hydrogens (tertiary/aromatic N) is 5. The van der Waals surface area contributed by atoms with E-state index in [1.165, 1.54) is 6.33 Å². The van der Waals surface area contributed by atoms with Gasteiger partial charge in [0.2, 0.25) is 11.6 Å². The maximum atomic E-state index is 11.7. The zero-order valence-electron chi connectivity index (χ0n) is 15.8. The van der Waals surface area contributed by atoms with Gasteiger partial charge in [-0.1, -0.05) is 18.2 Å². The third-order valence-corrected chi connectivity index (χ3v) is 4.24. The number of piperazine rings is 1. The topological polar surface area (TPSA) is 99.5 Å². The molecule has 1 fully saturated rings. The Hall–Kier alpha value is -2.94. The van der Waals surface area contributed by atoms with Gasteiger partial charge in [-0.2, -0.15) is 0 Å². The van der Waals surface area contributed by atoms with E-state index >= 15 is 0 Å². The molecule has 9 heteroatoms. The first-order chi connectivity index (χ1) is 12.8. The van der Waals surface area contributed by atoms with Crippen LogP contribution in [-0.4, -0.2) is 46.6 Å². The van der Waals surface area contributed by atoms with Crippen LogP contribution in [-0.2, 0) is 0 Å². The normalized spacial score (nSPS) is 14.9. The van der Waals surface area contributed by atoms with E-state index in [4.69, 9.17) is 0 Å². The summed E-state index contributed by atoms with van der Waals surface area (Å²) in [5, 5.41) is 11.7. The first-order valence-electron chi connectivity index (χ1n) is 8.93. The molecule has 3 rings (SSSR count). The van der Waals surface area contributed by atoms with Gasteiger partial charge >= 0.3 is 5.69 Å². The summed E-state index contributed by atoms with van der Waals surface area (Å²) in [5.41, 5.74) is 6.68. The van der Waals surface area contributed by atoms with Gasteiger partial charge in [0.15, 0.2) is 0 Å². The molecule has 0 aliphatic carbocycles.